The lowest BCUT2D eigenvalue weighted by atomic mass is 10.1. The molecule has 20 heavy (non-hydrogen) atoms. The molecule has 0 atom stereocenters. The molecule has 1 amide bonds. The molecule has 0 aliphatic carbocycles. The van der Waals surface area contributed by atoms with Gasteiger partial charge < -0.3 is 11.1 Å². The first kappa shape index (κ1) is 14.2. The molecule has 0 aliphatic heterocycles. The molecule has 3 nitrogen and oxygen atoms in total. The van der Waals surface area contributed by atoms with Gasteiger partial charge in [-0.25, -0.2) is 4.39 Å². The van der Waals surface area contributed by atoms with Crippen LogP contribution >= 0.6 is 0 Å². The number of amides is 1. The number of carbonyl (C=O) groups is 1. The first-order valence-corrected chi connectivity index (χ1v) is 6.47. The molecular formula is C16H17FN2O. The van der Waals surface area contributed by atoms with E-state index >= 15 is 0 Å². The summed E-state index contributed by atoms with van der Waals surface area (Å²) in [5.74, 6) is -0.555. The van der Waals surface area contributed by atoms with Gasteiger partial charge in [0.2, 0.25) is 5.91 Å². The third-order valence-electron chi connectivity index (χ3n) is 3.03. The van der Waals surface area contributed by atoms with E-state index < -0.39 is 0 Å². The third-order valence-corrected chi connectivity index (χ3v) is 3.03. The molecule has 2 rings (SSSR count). The molecule has 0 spiro atoms. The average molecular weight is 272 g/mol. The number of hydrogen-bond acceptors (Lipinski definition) is 2. The molecule has 0 radical (unpaired) electrons. The van der Waals surface area contributed by atoms with Crippen molar-refractivity contribution < 1.29 is 9.18 Å². The summed E-state index contributed by atoms with van der Waals surface area (Å²) in [5.41, 5.74) is 7.97. The van der Waals surface area contributed by atoms with Gasteiger partial charge in [-0.2, -0.15) is 0 Å². The van der Waals surface area contributed by atoms with Crippen molar-refractivity contribution in [2.45, 2.75) is 19.5 Å². The first-order chi connectivity index (χ1) is 9.69. The van der Waals surface area contributed by atoms with E-state index in [0.717, 1.165) is 11.1 Å². The van der Waals surface area contributed by atoms with E-state index in [4.69, 9.17) is 5.73 Å². The summed E-state index contributed by atoms with van der Waals surface area (Å²) >= 11 is 0. The molecule has 2 aromatic carbocycles. The Morgan fingerprint density at radius 3 is 2.60 bits per heavy atom. The molecule has 4 heteroatoms. The highest BCUT2D eigenvalue weighted by Crippen LogP contribution is 2.08. The summed E-state index contributed by atoms with van der Waals surface area (Å²) in [6.45, 7) is 0.887. The lowest BCUT2D eigenvalue weighted by molar-refractivity contribution is -0.120. The Labute approximate surface area is 117 Å². The quantitative estimate of drug-likeness (QED) is 0.876. The van der Waals surface area contributed by atoms with Crippen LogP contribution in [0.1, 0.15) is 16.7 Å². The predicted molar refractivity (Wildman–Crippen MR) is 76.3 cm³/mol. The maximum Gasteiger partial charge on any atom is 0.224 e. The van der Waals surface area contributed by atoms with Crippen molar-refractivity contribution in [1.82, 2.24) is 5.32 Å². The van der Waals surface area contributed by atoms with Gasteiger partial charge >= 0.3 is 0 Å². The van der Waals surface area contributed by atoms with Gasteiger partial charge in [-0.05, 0) is 22.8 Å². The molecule has 3 N–H and O–H groups in total. The molecule has 0 unspecified atom stereocenters. The lowest BCUT2D eigenvalue weighted by Gasteiger charge is -2.07. The van der Waals surface area contributed by atoms with Crippen molar-refractivity contribution in [3.63, 3.8) is 0 Å². The van der Waals surface area contributed by atoms with Crippen LogP contribution in [0.15, 0.2) is 48.5 Å². The van der Waals surface area contributed by atoms with Gasteiger partial charge in [0.25, 0.3) is 0 Å². The van der Waals surface area contributed by atoms with E-state index in [9.17, 15) is 9.18 Å². The molecular weight excluding hydrogens is 255 g/mol. The molecule has 0 saturated heterocycles. The summed E-state index contributed by atoms with van der Waals surface area (Å²) in [6, 6.07) is 14.0. The number of nitrogens with two attached hydrogens (primary N) is 1. The summed E-state index contributed by atoms with van der Waals surface area (Å²) < 4.78 is 13.4. The second-order valence-corrected chi connectivity index (χ2v) is 4.57. The monoisotopic (exact) mass is 272 g/mol. The minimum Gasteiger partial charge on any atom is -0.352 e. The predicted octanol–water partition coefficient (Wildman–Crippen LogP) is 2.14. The van der Waals surface area contributed by atoms with Gasteiger partial charge in [0.15, 0.2) is 0 Å². The molecule has 104 valence electrons. The topological polar surface area (TPSA) is 55.1 Å². The number of halogens is 1. The van der Waals surface area contributed by atoms with Crippen molar-refractivity contribution in [2.24, 2.45) is 5.73 Å². The van der Waals surface area contributed by atoms with E-state index in [0.29, 0.717) is 18.7 Å². The fourth-order valence-electron chi connectivity index (χ4n) is 1.94. The number of benzene rings is 2. The fraction of sp³-hybridized carbons (Fsp3) is 0.188. The van der Waals surface area contributed by atoms with Crippen molar-refractivity contribution in [3.8, 4) is 0 Å². The number of rotatable bonds is 5. The summed E-state index contributed by atoms with van der Waals surface area (Å²) in [4.78, 5) is 11.8. The fourth-order valence-corrected chi connectivity index (χ4v) is 1.94. The highest BCUT2D eigenvalue weighted by Gasteiger charge is 2.07. The Morgan fingerprint density at radius 1 is 1.10 bits per heavy atom. The van der Waals surface area contributed by atoms with Crippen LogP contribution in [-0.2, 0) is 24.3 Å². The molecule has 0 aromatic heterocycles. The normalized spacial score (nSPS) is 10.3. The van der Waals surface area contributed by atoms with Gasteiger partial charge in [0.05, 0.1) is 6.42 Å². The first-order valence-electron chi connectivity index (χ1n) is 6.47. The lowest BCUT2D eigenvalue weighted by Crippen LogP contribution is -2.25. The van der Waals surface area contributed by atoms with Crippen molar-refractivity contribution in [2.75, 3.05) is 0 Å². The van der Waals surface area contributed by atoms with E-state index in [2.05, 4.69) is 5.32 Å². The highest BCUT2D eigenvalue weighted by atomic mass is 19.1. The molecule has 0 fully saturated rings. The number of hydrogen-bond donors (Lipinski definition) is 2. The van der Waals surface area contributed by atoms with Crippen LogP contribution < -0.4 is 11.1 Å². The van der Waals surface area contributed by atoms with Gasteiger partial charge in [0, 0.05) is 13.1 Å². The van der Waals surface area contributed by atoms with Crippen molar-refractivity contribution >= 4 is 5.91 Å². The SMILES string of the molecule is NCc1cccc(CNC(=O)Cc2ccccc2F)c1. The zero-order chi connectivity index (χ0) is 14.4. The van der Waals surface area contributed by atoms with Crippen LogP contribution in [0.2, 0.25) is 0 Å². The van der Waals surface area contributed by atoms with E-state index in [1.54, 1.807) is 18.2 Å². The largest absolute Gasteiger partial charge is 0.352 e. The molecule has 0 heterocycles. The standard InChI is InChI=1S/C16H17FN2O/c17-15-7-2-1-6-14(15)9-16(20)19-11-13-5-3-4-12(8-13)10-18/h1-8H,9-11,18H2,(H,19,20). The van der Waals surface area contributed by atoms with Gasteiger partial charge in [0.1, 0.15) is 5.82 Å². The van der Waals surface area contributed by atoms with Gasteiger partial charge in [-0.3, -0.25) is 4.79 Å². The van der Waals surface area contributed by atoms with E-state index in [1.165, 1.54) is 6.07 Å². The van der Waals surface area contributed by atoms with E-state index in [-0.39, 0.29) is 18.1 Å². The average Bonchev–Trinajstić information content (AvgIpc) is 2.48. The Kier molecular flexibility index (Phi) is 4.85. The zero-order valence-corrected chi connectivity index (χ0v) is 11.1. The number of nitrogens with one attached hydrogen (secondary N) is 1. The van der Waals surface area contributed by atoms with Crippen LogP contribution in [-0.4, -0.2) is 5.91 Å². The Bertz CT molecular complexity index is 599. The maximum atomic E-state index is 13.4. The van der Waals surface area contributed by atoms with Crippen LogP contribution in [0.4, 0.5) is 4.39 Å². The van der Waals surface area contributed by atoms with Gasteiger partial charge in [-0.15, -0.1) is 0 Å². The summed E-state index contributed by atoms with van der Waals surface area (Å²) in [6.07, 6.45) is 0.0449. The zero-order valence-electron chi connectivity index (χ0n) is 11.1. The minimum absolute atomic E-state index is 0.0449. The molecule has 0 bridgehead atoms. The second kappa shape index (κ2) is 6.82. The van der Waals surface area contributed by atoms with Crippen LogP contribution in [0.3, 0.4) is 0 Å². The van der Waals surface area contributed by atoms with Gasteiger partial charge in [-0.1, -0.05) is 42.5 Å². The number of carbonyl (C=O) groups excluding carboxylic acids is 1. The second-order valence-electron chi connectivity index (χ2n) is 4.57. The van der Waals surface area contributed by atoms with E-state index in [1.807, 2.05) is 24.3 Å². The Balaban J connectivity index is 1.90. The van der Waals surface area contributed by atoms with Crippen LogP contribution in [0.25, 0.3) is 0 Å². The summed E-state index contributed by atoms with van der Waals surface area (Å²) in [5, 5.41) is 2.78. The van der Waals surface area contributed by atoms with Crippen LogP contribution in [0, 0.1) is 5.82 Å². The third kappa shape index (κ3) is 3.90. The Hall–Kier alpha value is -2.20. The highest BCUT2D eigenvalue weighted by molar-refractivity contribution is 5.78. The van der Waals surface area contributed by atoms with Crippen molar-refractivity contribution in [1.29, 1.82) is 0 Å². The smallest absolute Gasteiger partial charge is 0.224 e. The molecule has 2 aromatic rings. The van der Waals surface area contributed by atoms with Crippen molar-refractivity contribution in [3.05, 3.63) is 71.0 Å². The molecule has 0 saturated carbocycles. The Morgan fingerprint density at radius 2 is 1.85 bits per heavy atom. The summed E-state index contributed by atoms with van der Waals surface area (Å²) in [7, 11) is 0. The molecule has 0 aliphatic rings. The maximum absolute atomic E-state index is 13.4. The minimum atomic E-state index is -0.354. The van der Waals surface area contributed by atoms with Crippen LogP contribution in [0.5, 0.6) is 0 Å².